The van der Waals surface area contributed by atoms with E-state index in [9.17, 15) is 26.7 Å². The average Bonchev–Trinajstić information content (AvgIpc) is 2.87. The number of hydrogen-bond donors (Lipinski definition) is 1. The van der Waals surface area contributed by atoms with Crippen LogP contribution in [0.3, 0.4) is 0 Å². The summed E-state index contributed by atoms with van der Waals surface area (Å²) in [4.78, 5) is 11.6. The highest BCUT2D eigenvalue weighted by Crippen LogP contribution is 2.26. The third kappa shape index (κ3) is 10.9. The average molecular weight is 618 g/mol. The van der Waals surface area contributed by atoms with Gasteiger partial charge in [-0.25, -0.2) is 8.42 Å². The second-order valence-electron chi connectivity index (χ2n) is 8.48. The maximum absolute atomic E-state index is 12.3. The fourth-order valence-electron chi connectivity index (χ4n) is 3.20. The van der Waals surface area contributed by atoms with E-state index in [4.69, 9.17) is 31.2 Å². The Kier molecular flexibility index (Phi) is 12.4. The predicted octanol–water partition coefficient (Wildman–Crippen LogP) is 5.51. The van der Waals surface area contributed by atoms with E-state index in [0.717, 1.165) is 16.7 Å². The molecule has 0 aromatic heterocycles. The van der Waals surface area contributed by atoms with Gasteiger partial charge in [-0.2, -0.15) is 8.42 Å². The molecule has 0 unspecified atom stereocenters. The van der Waals surface area contributed by atoms with Gasteiger partial charge in [0.2, 0.25) is 0 Å². The van der Waals surface area contributed by atoms with Gasteiger partial charge < -0.3 is 9.84 Å². The minimum Gasteiger partial charge on any atom is -0.466 e. The van der Waals surface area contributed by atoms with Gasteiger partial charge in [-0.05, 0) is 63.1 Å². The van der Waals surface area contributed by atoms with Gasteiger partial charge in [0.05, 0.1) is 23.0 Å². The molecule has 0 aliphatic carbocycles. The van der Waals surface area contributed by atoms with Gasteiger partial charge in [0.15, 0.2) is 0 Å². The first-order valence-corrected chi connectivity index (χ1v) is 15.9. The van der Waals surface area contributed by atoms with E-state index in [1.807, 2.05) is 13.8 Å². The van der Waals surface area contributed by atoms with Crippen LogP contribution in [0.2, 0.25) is 5.02 Å². The Labute approximate surface area is 239 Å². The Morgan fingerprint density at radius 3 is 1.95 bits per heavy atom. The van der Waals surface area contributed by atoms with Crippen LogP contribution in [0.1, 0.15) is 41.7 Å². The summed E-state index contributed by atoms with van der Waals surface area (Å²) in [7, 11) is -2.46. The molecule has 3 aromatic rings. The molecular weight excluding hydrogens is 587 g/mol. The zero-order chi connectivity index (χ0) is 29.2. The molecule has 12 heteroatoms. The number of esters is 1. The van der Waals surface area contributed by atoms with Crippen molar-refractivity contribution in [2.75, 3.05) is 13.2 Å². The van der Waals surface area contributed by atoms with Gasteiger partial charge >= 0.3 is 5.97 Å². The zero-order valence-corrected chi connectivity index (χ0v) is 24.8. The number of rotatable bonds is 10. The van der Waals surface area contributed by atoms with E-state index >= 15 is 0 Å². The molecule has 39 heavy (non-hydrogen) atoms. The molecule has 0 saturated carbocycles. The minimum atomic E-state index is -4.00. The van der Waals surface area contributed by atoms with E-state index in [1.165, 1.54) is 24.3 Å². The lowest BCUT2D eigenvalue weighted by molar-refractivity contribution is -0.143. The first kappa shape index (κ1) is 32.7. The number of aryl methyl sites for hydroxylation is 3. The van der Waals surface area contributed by atoms with Crippen molar-refractivity contribution in [3.63, 3.8) is 0 Å². The first-order valence-electron chi connectivity index (χ1n) is 11.8. The molecular formula is C27H30Cl2O8S2. The largest absolute Gasteiger partial charge is 0.466 e. The van der Waals surface area contributed by atoms with Crippen molar-refractivity contribution >= 4 is 47.4 Å². The van der Waals surface area contributed by atoms with Gasteiger partial charge in [0.25, 0.3) is 19.2 Å². The predicted molar refractivity (Wildman–Crippen MR) is 150 cm³/mol. The third-order valence-corrected chi connectivity index (χ3v) is 8.35. The van der Waals surface area contributed by atoms with Crippen molar-refractivity contribution in [2.45, 2.75) is 49.5 Å². The molecule has 3 rings (SSSR count). The third-order valence-electron chi connectivity index (χ3n) is 5.34. The van der Waals surface area contributed by atoms with E-state index < -0.39 is 31.9 Å². The van der Waals surface area contributed by atoms with Crippen LogP contribution in [0.5, 0.6) is 0 Å². The lowest BCUT2D eigenvalue weighted by atomic mass is 10.0. The maximum Gasteiger partial charge on any atom is 0.306 e. The van der Waals surface area contributed by atoms with Crippen molar-refractivity contribution in [3.05, 3.63) is 94.0 Å². The normalized spacial score (nSPS) is 12.3. The number of aliphatic hydroxyl groups excluding tert-OH is 1. The summed E-state index contributed by atoms with van der Waals surface area (Å²) in [6.07, 6.45) is -0.628. The van der Waals surface area contributed by atoms with Crippen LogP contribution in [0.4, 0.5) is 0 Å². The fraction of sp³-hybridized carbons (Fsp3) is 0.296. The van der Waals surface area contributed by atoms with Crippen molar-refractivity contribution < 1.29 is 35.7 Å². The summed E-state index contributed by atoms with van der Waals surface area (Å²) in [5.74, 6) is -0.313. The Balaban J connectivity index is 0.000000404. The Morgan fingerprint density at radius 1 is 0.897 bits per heavy atom. The molecule has 0 bridgehead atoms. The highest BCUT2D eigenvalue weighted by Gasteiger charge is 2.20. The van der Waals surface area contributed by atoms with Crippen LogP contribution in [-0.4, -0.2) is 41.1 Å². The van der Waals surface area contributed by atoms with Crippen LogP contribution < -0.4 is 0 Å². The lowest BCUT2D eigenvalue weighted by Gasteiger charge is -2.15. The minimum absolute atomic E-state index is 0.0135. The van der Waals surface area contributed by atoms with Crippen molar-refractivity contribution in [1.82, 2.24) is 0 Å². The molecule has 0 radical (unpaired) electrons. The molecule has 8 nitrogen and oxygen atoms in total. The smallest absolute Gasteiger partial charge is 0.306 e. The molecule has 1 atom stereocenters. The van der Waals surface area contributed by atoms with Gasteiger partial charge in [-0.3, -0.25) is 8.98 Å². The molecule has 0 aliphatic rings. The quantitative estimate of drug-likeness (QED) is 0.180. The SMILES string of the molecule is CCOC(=O)CCc1ccc(Cl)c([C@H](O)COS(=O)(=O)c2ccc(C)cc2)c1.Cc1ccc(S(=O)(=O)Cl)cc1. The maximum atomic E-state index is 12.3. The molecule has 0 aliphatic heterocycles. The first-order chi connectivity index (χ1) is 18.2. The van der Waals surface area contributed by atoms with Crippen molar-refractivity contribution in [2.24, 2.45) is 0 Å². The molecule has 0 spiro atoms. The summed E-state index contributed by atoms with van der Waals surface area (Å²) in [6.45, 7) is 5.30. The zero-order valence-electron chi connectivity index (χ0n) is 21.6. The molecule has 0 fully saturated rings. The second-order valence-corrected chi connectivity index (χ2v) is 13.1. The fourth-order valence-corrected chi connectivity index (χ4v) is 5.13. The van der Waals surface area contributed by atoms with Crippen molar-refractivity contribution in [1.29, 1.82) is 0 Å². The number of ether oxygens (including phenoxy) is 1. The van der Waals surface area contributed by atoms with Crippen molar-refractivity contribution in [3.8, 4) is 0 Å². The van der Waals surface area contributed by atoms with Crippen LogP contribution in [0.25, 0.3) is 0 Å². The summed E-state index contributed by atoms with van der Waals surface area (Å²) >= 11 is 6.13. The van der Waals surface area contributed by atoms with E-state index in [1.54, 1.807) is 49.4 Å². The van der Waals surface area contributed by atoms with Crippen LogP contribution >= 0.6 is 22.3 Å². The van der Waals surface area contributed by atoms with Crippen LogP contribution in [-0.2, 0) is 39.3 Å². The molecule has 212 valence electrons. The molecule has 0 heterocycles. The Morgan fingerprint density at radius 2 is 1.44 bits per heavy atom. The Bertz CT molecular complexity index is 1450. The Hall–Kier alpha value is -2.47. The highest BCUT2D eigenvalue weighted by atomic mass is 35.7. The van der Waals surface area contributed by atoms with Crippen LogP contribution in [0, 0.1) is 13.8 Å². The van der Waals surface area contributed by atoms with Gasteiger partial charge in [-0.15, -0.1) is 0 Å². The number of benzene rings is 3. The molecule has 0 saturated heterocycles. The molecule has 0 amide bonds. The highest BCUT2D eigenvalue weighted by molar-refractivity contribution is 8.13. The molecule has 3 aromatic carbocycles. The topological polar surface area (TPSA) is 124 Å². The second kappa shape index (κ2) is 14.8. The van der Waals surface area contributed by atoms with E-state index in [-0.39, 0.29) is 27.2 Å². The van der Waals surface area contributed by atoms with Gasteiger partial charge in [-0.1, -0.05) is 59.1 Å². The number of halogens is 2. The summed E-state index contributed by atoms with van der Waals surface area (Å²) in [5, 5.41) is 10.7. The lowest BCUT2D eigenvalue weighted by Crippen LogP contribution is -2.14. The number of carbonyl (C=O) groups excluding carboxylic acids is 1. The molecule has 1 N–H and O–H groups in total. The van der Waals surface area contributed by atoms with E-state index in [0.29, 0.717) is 18.6 Å². The number of aliphatic hydroxyl groups is 1. The van der Waals surface area contributed by atoms with Gasteiger partial charge in [0, 0.05) is 27.7 Å². The summed E-state index contributed by atoms with van der Waals surface area (Å²) in [6, 6.07) is 17.6. The standard InChI is InChI=1S/C20H23ClO6S.C7H7ClO2S/c1-3-26-20(23)11-7-15-6-10-18(21)17(12-15)19(22)13-27-28(24,25)16-8-4-14(2)5-9-16;1-6-2-4-7(5-3-6)11(8,9)10/h4-6,8-10,12,19,22H,3,7,11,13H2,1-2H3;2-5H,1H3/t19-;/m1./s1. The van der Waals surface area contributed by atoms with Crippen LogP contribution in [0.15, 0.2) is 76.5 Å². The number of carbonyl (C=O) groups is 1. The van der Waals surface area contributed by atoms with E-state index in [2.05, 4.69) is 0 Å². The monoisotopic (exact) mass is 616 g/mol. The number of hydrogen-bond acceptors (Lipinski definition) is 8. The van der Waals surface area contributed by atoms with Gasteiger partial charge in [0.1, 0.15) is 6.10 Å². The summed E-state index contributed by atoms with van der Waals surface area (Å²) < 4.78 is 55.8. The summed E-state index contributed by atoms with van der Waals surface area (Å²) in [5.41, 5.74) is 3.04.